The van der Waals surface area contributed by atoms with E-state index in [1.165, 1.54) is 13.5 Å². The van der Waals surface area contributed by atoms with Gasteiger partial charge in [0.05, 0.1) is 24.8 Å². The monoisotopic (exact) mass is 387 g/mol. The molecule has 28 heavy (non-hydrogen) atoms. The van der Waals surface area contributed by atoms with Crippen LogP contribution in [0.3, 0.4) is 0 Å². The molecule has 0 aromatic heterocycles. The standard InChI is InChI=1S/C22H29NO5/c1-14(20(25)23-17-5-3-4-6-18(17)27-2)28-19(24)12-21-8-15-7-16(9-21)11-22(26,10-15)13-21/h3-6,14-16,26H,7-13H2,1-2H3,(H,23,25)/t14-,15-,16+,21?,22?/m1/s1. The average molecular weight is 387 g/mol. The van der Waals surface area contributed by atoms with Crippen molar-refractivity contribution in [3.8, 4) is 5.75 Å². The predicted octanol–water partition coefficient (Wildman–Crippen LogP) is 3.29. The number of anilines is 1. The Labute approximate surface area is 165 Å². The van der Waals surface area contributed by atoms with Crippen LogP contribution >= 0.6 is 0 Å². The molecule has 152 valence electrons. The minimum Gasteiger partial charge on any atom is -0.495 e. The van der Waals surface area contributed by atoms with Gasteiger partial charge in [-0.25, -0.2) is 0 Å². The van der Waals surface area contributed by atoms with Gasteiger partial charge in [-0.15, -0.1) is 0 Å². The number of amides is 1. The van der Waals surface area contributed by atoms with Gasteiger partial charge in [0.25, 0.3) is 5.91 Å². The Morgan fingerprint density at radius 3 is 2.54 bits per heavy atom. The molecule has 0 radical (unpaired) electrons. The van der Waals surface area contributed by atoms with Crippen LogP contribution in [0.5, 0.6) is 5.75 Å². The van der Waals surface area contributed by atoms with Gasteiger partial charge in [0.1, 0.15) is 5.75 Å². The Kier molecular flexibility index (Phi) is 4.86. The first-order valence-corrected chi connectivity index (χ1v) is 10.2. The summed E-state index contributed by atoms with van der Waals surface area (Å²) in [5, 5.41) is 13.6. The first-order valence-electron chi connectivity index (χ1n) is 10.2. The van der Waals surface area contributed by atoms with Crippen molar-refractivity contribution in [2.24, 2.45) is 17.3 Å². The molecule has 4 aliphatic carbocycles. The largest absolute Gasteiger partial charge is 0.495 e. The molecule has 0 aliphatic heterocycles. The fourth-order valence-electron chi connectivity index (χ4n) is 6.19. The number of hydrogen-bond acceptors (Lipinski definition) is 5. The summed E-state index contributed by atoms with van der Waals surface area (Å²) in [6.45, 7) is 1.58. The van der Waals surface area contributed by atoms with Gasteiger partial charge in [-0.3, -0.25) is 9.59 Å². The maximum Gasteiger partial charge on any atom is 0.307 e. The topological polar surface area (TPSA) is 84.9 Å². The molecule has 0 saturated heterocycles. The van der Waals surface area contributed by atoms with E-state index < -0.39 is 11.7 Å². The highest BCUT2D eigenvalue weighted by atomic mass is 16.5. The number of carbonyl (C=O) groups is 2. The van der Waals surface area contributed by atoms with Gasteiger partial charge in [0.2, 0.25) is 0 Å². The van der Waals surface area contributed by atoms with Gasteiger partial charge in [0.15, 0.2) is 6.10 Å². The molecule has 0 spiro atoms. The number of carbonyl (C=O) groups excluding carboxylic acids is 2. The third-order valence-electron chi connectivity index (χ3n) is 6.71. The average Bonchev–Trinajstić information content (AvgIpc) is 2.59. The van der Waals surface area contributed by atoms with Crippen molar-refractivity contribution in [2.75, 3.05) is 12.4 Å². The smallest absolute Gasteiger partial charge is 0.307 e. The summed E-state index contributed by atoms with van der Waals surface area (Å²) in [4.78, 5) is 25.1. The van der Waals surface area contributed by atoms with E-state index >= 15 is 0 Å². The normalized spacial score (nSPS) is 34.0. The first-order chi connectivity index (χ1) is 13.3. The predicted molar refractivity (Wildman–Crippen MR) is 104 cm³/mol. The minimum absolute atomic E-state index is 0.158. The molecule has 5 rings (SSSR count). The SMILES string of the molecule is COc1ccccc1NC(=O)[C@@H](C)OC(=O)CC12C[C@@H]3C[C@@H](CC(O)(C3)C1)C2. The van der Waals surface area contributed by atoms with Crippen LogP contribution in [-0.4, -0.2) is 35.8 Å². The van der Waals surface area contributed by atoms with E-state index in [0.717, 1.165) is 25.7 Å². The van der Waals surface area contributed by atoms with Crippen molar-refractivity contribution < 1.29 is 24.2 Å². The number of benzene rings is 1. The van der Waals surface area contributed by atoms with Crippen LogP contribution in [0.4, 0.5) is 5.69 Å². The van der Waals surface area contributed by atoms with E-state index in [1.807, 2.05) is 6.07 Å². The van der Waals surface area contributed by atoms with E-state index in [9.17, 15) is 14.7 Å². The Morgan fingerprint density at radius 2 is 1.89 bits per heavy atom. The summed E-state index contributed by atoms with van der Waals surface area (Å²) in [7, 11) is 1.54. The third kappa shape index (κ3) is 3.75. The number of aliphatic hydroxyl groups is 1. The van der Waals surface area contributed by atoms with Crippen molar-refractivity contribution in [3.05, 3.63) is 24.3 Å². The van der Waals surface area contributed by atoms with Crippen LogP contribution in [0, 0.1) is 17.3 Å². The van der Waals surface area contributed by atoms with Crippen LogP contribution < -0.4 is 10.1 Å². The third-order valence-corrected chi connectivity index (χ3v) is 6.71. The summed E-state index contributed by atoms with van der Waals surface area (Å²) >= 11 is 0. The number of para-hydroxylation sites is 2. The van der Waals surface area contributed by atoms with E-state index in [1.54, 1.807) is 25.1 Å². The van der Waals surface area contributed by atoms with Gasteiger partial charge < -0.3 is 19.9 Å². The molecule has 4 fully saturated rings. The fraction of sp³-hybridized carbons (Fsp3) is 0.636. The van der Waals surface area contributed by atoms with Crippen LogP contribution in [-0.2, 0) is 14.3 Å². The lowest BCUT2D eigenvalue weighted by Crippen LogP contribution is -2.56. The van der Waals surface area contributed by atoms with Crippen molar-refractivity contribution in [3.63, 3.8) is 0 Å². The maximum absolute atomic E-state index is 12.6. The number of hydrogen-bond donors (Lipinski definition) is 2. The number of esters is 1. The highest BCUT2D eigenvalue weighted by Crippen LogP contribution is 2.62. The van der Waals surface area contributed by atoms with Gasteiger partial charge >= 0.3 is 5.97 Å². The van der Waals surface area contributed by atoms with Crippen LogP contribution in [0.1, 0.15) is 51.9 Å². The molecule has 1 aromatic rings. The summed E-state index contributed by atoms with van der Waals surface area (Å²) in [6, 6.07) is 7.11. The second kappa shape index (κ2) is 7.07. The van der Waals surface area contributed by atoms with Crippen molar-refractivity contribution in [1.29, 1.82) is 0 Å². The summed E-state index contributed by atoms with van der Waals surface area (Å²) in [6.07, 6.45) is 4.98. The number of rotatable bonds is 6. The van der Waals surface area contributed by atoms with Crippen LogP contribution in [0.25, 0.3) is 0 Å². The van der Waals surface area contributed by atoms with Crippen molar-refractivity contribution in [1.82, 2.24) is 0 Å². The lowest BCUT2D eigenvalue weighted by Gasteiger charge is -2.60. The van der Waals surface area contributed by atoms with Gasteiger partial charge in [-0.2, -0.15) is 0 Å². The molecule has 4 bridgehead atoms. The summed E-state index contributed by atoms with van der Waals surface area (Å²) in [5.74, 6) is 0.849. The summed E-state index contributed by atoms with van der Waals surface area (Å²) < 4.78 is 10.7. The fourth-order valence-corrected chi connectivity index (χ4v) is 6.19. The molecular weight excluding hydrogens is 358 g/mol. The Hall–Kier alpha value is -2.08. The zero-order valence-corrected chi connectivity index (χ0v) is 16.6. The molecule has 0 heterocycles. The lowest BCUT2D eigenvalue weighted by atomic mass is 9.47. The molecule has 1 aromatic carbocycles. The Morgan fingerprint density at radius 1 is 1.21 bits per heavy atom. The molecule has 4 aliphatic rings. The van der Waals surface area contributed by atoms with Crippen LogP contribution in [0.15, 0.2) is 24.3 Å². The second-order valence-electron chi connectivity index (χ2n) is 9.18. The van der Waals surface area contributed by atoms with E-state index in [4.69, 9.17) is 9.47 Å². The van der Waals surface area contributed by atoms with Crippen molar-refractivity contribution in [2.45, 2.75) is 63.6 Å². The van der Waals surface area contributed by atoms with Gasteiger partial charge in [-0.05, 0) is 74.8 Å². The molecule has 1 amide bonds. The number of methoxy groups -OCH3 is 1. The zero-order valence-electron chi connectivity index (χ0n) is 16.6. The molecule has 6 heteroatoms. The molecule has 2 N–H and O–H groups in total. The Bertz CT molecular complexity index is 762. The number of nitrogens with one attached hydrogen (secondary N) is 1. The highest BCUT2D eigenvalue weighted by molar-refractivity contribution is 5.96. The van der Waals surface area contributed by atoms with E-state index in [0.29, 0.717) is 29.7 Å². The molecule has 4 saturated carbocycles. The minimum atomic E-state index is -0.894. The highest BCUT2D eigenvalue weighted by Gasteiger charge is 2.57. The quantitative estimate of drug-likeness (QED) is 0.732. The van der Waals surface area contributed by atoms with Crippen molar-refractivity contribution >= 4 is 17.6 Å². The molecule has 6 nitrogen and oxygen atoms in total. The molecule has 2 unspecified atom stereocenters. The maximum atomic E-state index is 12.6. The number of ether oxygens (including phenoxy) is 2. The molecule has 5 atom stereocenters. The summed E-state index contributed by atoms with van der Waals surface area (Å²) in [5.41, 5.74) is -0.215. The second-order valence-corrected chi connectivity index (χ2v) is 9.18. The Balaban J connectivity index is 1.35. The zero-order chi connectivity index (χ0) is 19.9. The van der Waals surface area contributed by atoms with Gasteiger partial charge in [-0.1, -0.05) is 12.1 Å². The van der Waals surface area contributed by atoms with Gasteiger partial charge in [0, 0.05) is 0 Å². The lowest BCUT2D eigenvalue weighted by molar-refractivity contribution is -0.179. The van der Waals surface area contributed by atoms with Crippen LogP contribution in [0.2, 0.25) is 0 Å². The van der Waals surface area contributed by atoms with E-state index in [2.05, 4.69) is 5.32 Å². The van der Waals surface area contributed by atoms with E-state index in [-0.39, 0.29) is 23.7 Å². The first kappa shape index (κ1) is 19.2. The molecular formula is C22H29NO5.